The summed E-state index contributed by atoms with van der Waals surface area (Å²) in [5.41, 5.74) is 0.0782. The molecule has 1 fully saturated rings. The van der Waals surface area contributed by atoms with Gasteiger partial charge in [0.05, 0.1) is 11.9 Å². The third kappa shape index (κ3) is 3.96. The molecule has 0 bridgehead atoms. The number of carbonyl (C=O) groups is 1. The first-order chi connectivity index (χ1) is 11.4. The van der Waals surface area contributed by atoms with E-state index in [0.29, 0.717) is 18.8 Å². The molecule has 1 saturated heterocycles. The third-order valence-corrected chi connectivity index (χ3v) is 4.25. The number of halogens is 3. The Hall–Kier alpha value is -2.31. The van der Waals surface area contributed by atoms with Gasteiger partial charge in [-0.05, 0) is 24.1 Å². The monoisotopic (exact) mass is 337 g/mol. The molecule has 1 aliphatic heterocycles. The Morgan fingerprint density at radius 2 is 1.92 bits per heavy atom. The molecule has 1 aliphatic rings. The van der Waals surface area contributed by atoms with E-state index in [1.54, 1.807) is 17.4 Å². The highest BCUT2D eigenvalue weighted by molar-refractivity contribution is 5.77. The van der Waals surface area contributed by atoms with E-state index in [1.165, 1.54) is 12.1 Å². The molecule has 0 spiro atoms. The number of hydrogen-bond acceptors (Lipinski definition) is 2. The topological polar surface area (TPSA) is 38.1 Å². The normalized spacial score (nSPS) is 15.4. The van der Waals surface area contributed by atoms with Crippen molar-refractivity contribution in [3.63, 3.8) is 0 Å². The van der Waals surface area contributed by atoms with Crippen LogP contribution in [0.25, 0.3) is 0 Å². The summed E-state index contributed by atoms with van der Waals surface area (Å²) in [6.07, 6.45) is 1.84. The number of aryl methyl sites for hydroxylation is 1. The summed E-state index contributed by atoms with van der Waals surface area (Å²) in [4.78, 5) is 17.9. The SMILES string of the molecule is O=C(CCc1ccc(C(F)(F)F)cc1)N1CC(Cn2ccnc2)C1. The highest BCUT2D eigenvalue weighted by Gasteiger charge is 2.31. The molecule has 0 saturated carbocycles. The molecule has 0 atom stereocenters. The van der Waals surface area contributed by atoms with Gasteiger partial charge in [-0.3, -0.25) is 4.79 Å². The van der Waals surface area contributed by atoms with E-state index in [1.807, 2.05) is 10.8 Å². The molecule has 1 amide bonds. The number of rotatable bonds is 5. The molecule has 4 nitrogen and oxygen atoms in total. The van der Waals surface area contributed by atoms with Crippen molar-refractivity contribution in [3.05, 3.63) is 54.1 Å². The van der Waals surface area contributed by atoms with Crippen molar-refractivity contribution < 1.29 is 18.0 Å². The van der Waals surface area contributed by atoms with Crippen LogP contribution in [0.4, 0.5) is 13.2 Å². The minimum absolute atomic E-state index is 0.0526. The van der Waals surface area contributed by atoms with Crippen LogP contribution >= 0.6 is 0 Å². The van der Waals surface area contributed by atoms with E-state index in [4.69, 9.17) is 0 Å². The Balaban J connectivity index is 1.42. The lowest BCUT2D eigenvalue weighted by molar-refractivity contribution is -0.138. The van der Waals surface area contributed by atoms with Gasteiger partial charge in [0.2, 0.25) is 5.91 Å². The van der Waals surface area contributed by atoms with E-state index in [9.17, 15) is 18.0 Å². The second kappa shape index (κ2) is 6.67. The first-order valence-electron chi connectivity index (χ1n) is 7.81. The number of imidazole rings is 1. The van der Waals surface area contributed by atoms with E-state index < -0.39 is 11.7 Å². The van der Waals surface area contributed by atoms with Crippen molar-refractivity contribution in [2.75, 3.05) is 13.1 Å². The van der Waals surface area contributed by atoms with Crippen molar-refractivity contribution in [1.29, 1.82) is 0 Å². The predicted molar refractivity (Wildman–Crippen MR) is 82.1 cm³/mol. The Morgan fingerprint density at radius 3 is 2.50 bits per heavy atom. The Morgan fingerprint density at radius 1 is 1.21 bits per heavy atom. The number of amides is 1. The number of carbonyl (C=O) groups excluding carboxylic acids is 1. The average Bonchev–Trinajstić information content (AvgIpc) is 3.01. The minimum Gasteiger partial charge on any atom is -0.342 e. The molecule has 2 heterocycles. The molecule has 0 aliphatic carbocycles. The molecule has 24 heavy (non-hydrogen) atoms. The zero-order valence-electron chi connectivity index (χ0n) is 13.0. The molecule has 7 heteroatoms. The van der Waals surface area contributed by atoms with Crippen LogP contribution in [0, 0.1) is 5.92 Å². The lowest BCUT2D eigenvalue weighted by Gasteiger charge is -2.39. The van der Waals surface area contributed by atoms with Crippen molar-refractivity contribution in [2.45, 2.75) is 25.6 Å². The molecular weight excluding hydrogens is 319 g/mol. The van der Waals surface area contributed by atoms with Gasteiger partial charge >= 0.3 is 6.18 Å². The summed E-state index contributed by atoms with van der Waals surface area (Å²) in [6, 6.07) is 5.00. The van der Waals surface area contributed by atoms with Crippen LogP contribution in [0.15, 0.2) is 43.0 Å². The van der Waals surface area contributed by atoms with Gasteiger partial charge in [0, 0.05) is 44.4 Å². The van der Waals surface area contributed by atoms with E-state index in [2.05, 4.69) is 4.98 Å². The fraction of sp³-hybridized carbons (Fsp3) is 0.412. The number of aromatic nitrogens is 2. The van der Waals surface area contributed by atoms with Crippen LogP contribution in [0.3, 0.4) is 0 Å². The van der Waals surface area contributed by atoms with Crippen molar-refractivity contribution in [2.24, 2.45) is 5.92 Å². The van der Waals surface area contributed by atoms with Gasteiger partial charge in [0.15, 0.2) is 0 Å². The quantitative estimate of drug-likeness (QED) is 0.841. The lowest BCUT2D eigenvalue weighted by Crippen LogP contribution is -2.51. The molecule has 0 N–H and O–H groups in total. The maximum atomic E-state index is 12.5. The number of likely N-dealkylation sites (tertiary alicyclic amines) is 1. The van der Waals surface area contributed by atoms with E-state index in [-0.39, 0.29) is 5.91 Å². The fourth-order valence-corrected chi connectivity index (χ4v) is 2.85. The van der Waals surface area contributed by atoms with Crippen LogP contribution in [-0.2, 0) is 23.9 Å². The Bertz CT molecular complexity index is 674. The maximum Gasteiger partial charge on any atom is 0.416 e. The molecule has 0 radical (unpaired) electrons. The van der Waals surface area contributed by atoms with Gasteiger partial charge in [0.25, 0.3) is 0 Å². The maximum absolute atomic E-state index is 12.5. The molecule has 2 aromatic rings. The first-order valence-corrected chi connectivity index (χ1v) is 7.81. The highest BCUT2D eigenvalue weighted by Crippen LogP contribution is 2.29. The summed E-state index contributed by atoms with van der Waals surface area (Å²) in [6.45, 7) is 2.30. The smallest absolute Gasteiger partial charge is 0.342 e. The first kappa shape index (κ1) is 16.5. The zero-order valence-corrected chi connectivity index (χ0v) is 13.0. The summed E-state index contributed by atoms with van der Waals surface area (Å²) in [5.74, 6) is 0.492. The van der Waals surface area contributed by atoms with Gasteiger partial charge in [0.1, 0.15) is 0 Å². The summed E-state index contributed by atoms with van der Waals surface area (Å²) in [5, 5.41) is 0. The third-order valence-electron chi connectivity index (χ3n) is 4.25. The van der Waals surface area contributed by atoms with Gasteiger partial charge in [-0.1, -0.05) is 12.1 Å². The molecule has 1 aromatic carbocycles. The molecule has 0 unspecified atom stereocenters. The Labute approximate surface area is 137 Å². The number of hydrogen-bond donors (Lipinski definition) is 0. The predicted octanol–water partition coefficient (Wildman–Crippen LogP) is 2.99. The van der Waals surface area contributed by atoms with Gasteiger partial charge < -0.3 is 9.47 Å². The second-order valence-electron chi connectivity index (χ2n) is 6.12. The van der Waals surface area contributed by atoms with Crippen molar-refractivity contribution >= 4 is 5.91 Å². The van der Waals surface area contributed by atoms with Gasteiger partial charge in [-0.2, -0.15) is 13.2 Å². The Kier molecular flexibility index (Phi) is 4.59. The fourth-order valence-electron chi connectivity index (χ4n) is 2.85. The average molecular weight is 337 g/mol. The largest absolute Gasteiger partial charge is 0.416 e. The number of benzene rings is 1. The van der Waals surface area contributed by atoms with Crippen LogP contribution in [0.5, 0.6) is 0 Å². The van der Waals surface area contributed by atoms with Gasteiger partial charge in [-0.15, -0.1) is 0 Å². The summed E-state index contributed by atoms with van der Waals surface area (Å²) in [7, 11) is 0. The summed E-state index contributed by atoms with van der Waals surface area (Å²) < 4.78 is 39.5. The standard InChI is InChI=1S/C17H18F3N3O/c18-17(19,20)15-4-1-13(2-5-15)3-6-16(24)23-10-14(11-23)9-22-8-7-21-12-22/h1-2,4-5,7-8,12,14H,3,6,9-11H2. The summed E-state index contributed by atoms with van der Waals surface area (Å²) >= 11 is 0. The molecule has 1 aromatic heterocycles. The van der Waals surface area contributed by atoms with Crippen molar-refractivity contribution in [1.82, 2.24) is 14.5 Å². The highest BCUT2D eigenvalue weighted by atomic mass is 19.4. The van der Waals surface area contributed by atoms with Crippen LogP contribution < -0.4 is 0 Å². The number of alkyl halides is 3. The molecule has 128 valence electrons. The number of nitrogens with zero attached hydrogens (tertiary/aromatic N) is 3. The van der Waals surface area contributed by atoms with Crippen LogP contribution in [-0.4, -0.2) is 33.4 Å². The van der Waals surface area contributed by atoms with Gasteiger partial charge in [-0.25, -0.2) is 4.98 Å². The molecular formula is C17H18F3N3O. The zero-order chi connectivity index (χ0) is 17.2. The van der Waals surface area contributed by atoms with Crippen LogP contribution in [0.2, 0.25) is 0 Å². The minimum atomic E-state index is -4.32. The van der Waals surface area contributed by atoms with Crippen molar-refractivity contribution in [3.8, 4) is 0 Å². The van der Waals surface area contributed by atoms with E-state index >= 15 is 0 Å². The second-order valence-corrected chi connectivity index (χ2v) is 6.12. The lowest BCUT2D eigenvalue weighted by atomic mass is 9.98. The van der Waals surface area contributed by atoms with Crippen LogP contribution in [0.1, 0.15) is 17.5 Å². The van der Waals surface area contributed by atoms with E-state index in [0.717, 1.165) is 37.3 Å². The molecule has 3 rings (SSSR count).